The minimum Gasteiger partial charge on any atom is -0.506 e. The number of anilines is 1. The summed E-state index contributed by atoms with van der Waals surface area (Å²) in [6.45, 7) is 4.06. The highest BCUT2D eigenvalue weighted by Gasteiger charge is 2.35. The van der Waals surface area contributed by atoms with Crippen LogP contribution in [0.5, 0.6) is 5.75 Å². The van der Waals surface area contributed by atoms with Gasteiger partial charge in [0.05, 0.1) is 16.6 Å². The number of carbonyl (C=O) groups excluding carboxylic acids is 2. The quantitative estimate of drug-likeness (QED) is 0.842. The van der Waals surface area contributed by atoms with E-state index in [9.17, 15) is 19.1 Å². The van der Waals surface area contributed by atoms with Crippen molar-refractivity contribution in [2.45, 2.75) is 26.3 Å². The monoisotopic (exact) mass is 314 g/mol. The Morgan fingerprint density at radius 1 is 1.52 bits per heavy atom. The van der Waals surface area contributed by atoms with Crippen LogP contribution in [0.1, 0.15) is 20.3 Å². The number of rotatable bonds is 3. The molecule has 1 aromatic carbocycles. The van der Waals surface area contributed by atoms with Gasteiger partial charge in [-0.15, -0.1) is 0 Å². The number of benzene rings is 1. The van der Waals surface area contributed by atoms with Crippen LogP contribution in [0.3, 0.4) is 0 Å². The maximum atomic E-state index is 13.6. The summed E-state index contributed by atoms with van der Waals surface area (Å²) in [5.41, 5.74) is -0.113. The SMILES string of the molecule is CC(C)N1CC(C(=O)Nc2cc(Cl)c(O)cc2F)CC1=O. The van der Waals surface area contributed by atoms with Gasteiger partial charge in [-0.3, -0.25) is 9.59 Å². The van der Waals surface area contributed by atoms with Crippen LogP contribution in [0.4, 0.5) is 10.1 Å². The van der Waals surface area contributed by atoms with Crippen LogP contribution in [0.25, 0.3) is 0 Å². The highest BCUT2D eigenvalue weighted by Crippen LogP contribution is 2.30. The van der Waals surface area contributed by atoms with Gasteiger partial charge in [0.1, 0.15) is 11.6 Å². The highest BCUT2D eigenvalue weighted by atomic mass is 35.5. The highest BCUT2D eigenvalue weighted by molar-refractivity contribution is 6.32. The van der Waals surface area contributed by atoms with E-state index in [0.717, 1.165) is 12.1 Å². The summed E-state index contributed by atoms with van der Waals surface area (Å²) in [7, 11) is 0. The van der Waals surface area contributed by atoms with E-state index >= 15 is 0 Å². The maximum absolute atomic E-state index is 13.6. The molecule has 7 heteroatoms. The fourth-order valence-corrected chi connectivity index (χ4v) is 2.44. The summed E-state index contributed by atoms with van der Waals surface area (Å²) in [6.07, 6.45) is 0.109. The fraction of sp³-hybridized carbons (Fsp3) is 0.429. The molecule has 0 spiro atoms. The van der Waals surface area contributed by atoms with Crippen molar-refractivity contribution in [3.63, 3.8) is 0 Å². The standard InChI is InChI=1S/C14H16ClFN2O3/c1-7(2)18-6-8(3-13(18)20)14(21)17-11-4-9(15)12(19)5-10(11)16/h4-5,7-8,19H,3,6H2,1-2H3,(H,17,21). The predicted octanol–water partition coefficient (Wildman–Crippen LogP) is 2.38. The van der Waals surface area contributed by atoms with Crippen LogP contribution in [0.2, 0.25) is 5.02 Å². The molecule has 21 heavy (non-hydrogen) atoms. The van der Waals surface area contributed by atoms with Crippen molar-refractivity contribution >= 4 is 29.1 Å². The van der Waals surface area contributed by atoms with Gasteiger partial charge < -0.3 is 15.3 Å². The van der Waals surface area contributed by atoms with E-state index < -0.39 is 23.4 Å². The maximum Gasteiger partial charge on any atom is 0.229 e. The first-order valence-electron chi connectivity index (χ1n) is 6.58. The summed E-state index contributed by atoms with van der Waals surface area (Å²) in [4.78, 5) is 25.5. The van der Waals surface area contributed by atoms with E-state index in [4.69, 9.17) is 11.6 Å². The molecule has 1 saturated heterocycles. The van der Waals surface area contributed by atoms with Crippen LogP contribution >= 0.6 is 11.6 Å². The summed E-state index contributed by atoms with van der Waals surface area (Å²) in [6, 6.07) is 1.99. The Balaban J connectivity index is 2.09. The third kappa shape index (κ3) is 3.26. The van der Waals surface area contributed by atoms with E-state index in [1.807, 2.05) is 13.8 Å². The molecule has 0 bridgehead atoms. The smallest absolute Gasteiger partial charge is 0.229 e. The largest absolute Gasteiger partial charge is 0.506 e. The Kier molecular flexibility index (Phi) is 4.37. The molecular formula is C14H16ClFN2O3. The minimum absolute atomic E-state index is 0.0233. The van der Waals surface area contributed by atoms with Gasteiger partial charge in [0, 0.05) is 25.1 Å². The number of carbonyl (C=O) groups is 2. The molecule has 0 aromatic heterocycles. The van der Waals surface area contributed by atoms with Crippen molar-refractivity contribution in [2.24, 2.45) is 5.92 Å². The summed E-state index contributed by atoms with van der Waals surface area (Å²) >= 11 is 5.69. The van der Waals surface area contributed by atoms with Gasteiger partial charge in [0.15, 0.2) is 0 Å². The number of amides is 2. The molecule has 1 atom stereocenters. The Bertz CT molecular complexity index is 592. The van der Waals surface area contributed by atoms with Crippen LogP contribution in [-0.4, -0.2) is 34.4 Å². The lowest BCUT2D eigenvalue weighted by Crippen LogP contribution is -2.33. The number of phenols is 1. The van der Waals surface area contributed by atoms with Crippen molar-refractivity contribution in [1.82, 2.24) is 4.90 Å². The molecule has 1 heterocycles. The van der Waals surface area contributed by atoms with Crippen molar-refractivity contribution in [2.75, 3.05) is 11.9 Å². The van der Waals surface area contributed by atoms with Gasteiger partial charge in [-0.25, -0.2) is 4.39 Å². The average molecular weight is 315 g/mol. The van der Waals surface area contributed by atoms with Crippen LogP contribution in [0.15, 0.2) is 12.1 Å². The molecule has 1 fully saturated rings. The van der Waals surface area contributed by atoms with E-state index in [1.54, 1.807) is 4.90 Å². The molecule has 1 aliphatic heterocycles. The lowest BCUT2D eigenvalue weighted by atomic mass is 10.1. The van der Waals surface area contributed by atoms with Crippen LogP contribution in [0, 0.1) is 11.7 Å². The number of hydrogen-bond donors (Lipinski definition) is 2. The number of aromatic hydroxyl groups is 1. The lowest BCUT2D eigenvalue weighted by molar-refractivity contribution is -0.129. The molecule has 114 valence electrons. The zero-order valence-corrected chi connectivity index (χ0v) is 12.4. The van der Waals surface area contributed by atoms with E-state index in [0.29, 0.717) is 6.54 Å². The number of nitrogens with zero attached hydrogens (tertiary/aromatic N) is 1. The van der Waals surface area contributed by atoms with Crippen molar-refractivity contribution in [1.29, 1.82) is 0 Å². The van der Waals surface area contributed by atoms with Gasteiger partial charge in [-0.05, 0) is 19.9 Å². The topological polar surface area (TPSA) is 69.6 Å². The van der Waals surface area contributed by atoms with E-state index in [-0.39, 0.29) is 29.1 Å². The number of hydrogen-bond acceptors (Lipinski definition) is 3. The van der Waals surface area contributed by atoms with Gasteiger partial charge >= 0.3 is 0 Å². The molecule has 0 aliphatic carbocycles. The first-order valence-corrected chi connectivity index (χ1v) is 6.95. The second-order valence-electron chi connectivity index (χ2n) is 5.31. The van der Waals surface area contributed by atoms with Gasteiger partial charge in [-0.2, -0.15) is 0 Å². The normalized spacial score (nSPS) is 18.4. The first-order chi connectivity index (χ1) is 9.79. The molecule has 0 saturated carbocycles. The number of phenolic OH excluding ortho intramolecular Hbond substituents is 1. The van der Waals surface area contributed by atoms with Crippen molar-refractivity contribution < 1.29 is 19.1 Å². The molecule has 2 amide bonds. The first kappa shape index (κ1) is 15.6. The average Bonchev–Trinajstić information content (AvgIpc) is 2.78. The molecule has 2 N–H and O–H groups in total. The Morgan fingerprint density at radius 2 is 2.19 bits per heavy atom. The van der Waals surface area contributed by atoms with Gasteiger partial charge in [0.2, 0.25) is 11.8 Å². The second kappa shape index (κ2) is 5.89. The molecule has 1 aliphatic rings. The van der Waals surface area contributed by atoms with Crippen LogP contribution in [-0.2, 0) is 9.59 Å². The molecule has 2 rings (SSSR count). The summed E-state index contributed by atoms with van der Waals surface area (Å²) in [5, 5.41) is 11.6. The second-order valence-corrected chi connectivity index (χ2v) is 5.72. The Morgan fingerprint density at radius 3 is 2.76 bits per heavy atom. The molecule has 5 nitrogen and oxygen atoms in total. The number of likely N-dealkylation sites (tertiary alicyclic amines) is 1. The Labute approximate surface area is 126 Å². The van der Waals surface area contributed by atoms with Gasteiger partial charge in [0.25, 0.3) is 0 Å². The van der Waals surface area contributed by atoms with Crippen molar-refractivity contribution in [3.05, 3.63) is 23.0 Å². The minimum atomic E-state index is -0.782. The number of halogens is 2. The third-order valence-electron chi connectivity index (χ3n) is 3.45. The molecule has 1 aromatic rings. The fourth-order valence-electron chi connectivity index (χ4n) is 2.27. The molecule has 1 unspecified atom stereocenters. The van der Waals surface area contributed by atoms with E-state index in [2.05, 4.69) is 5.32 Å². The predicted molar refractivity (Wildman–Crippen MR) is 76.7 cm³/mol. The molecule has 0 radical (unpaired) electrons. The summed E-state index contributed by atoms with van der Waals surface area (Å²) < 4.78 is 13.6. The third-order valence-corrected chi connectivity index (χ3v) is 3.75. The summed E-state index contributed by atoms with van der Waals surface area (Å²) in [5.74, 6) is -2.22. The Hall–Kier alpha value is -1.82. The van der Waals surface area contributed by atoms with Crippen LogP contribution < -0.4 is 5.32 Å². The lowest BCUT2D eigenvalue weighted by Gasteiger charge is -2.20. The van der Waals surface area contributed by atoms with Gasteiger partial charge in [-0.1, -0.05) is 11.6 Å². The molecular weight excluding hydrogens is 299 g/mol. The zero-order valence-electron chi connectivity index (χ0n) is 11.7. The van der Waals surface area contributed by atoms with E-state index in [1.165, 1.54) is 0 Å². The zero-order chi connectivity index (χ0) is 15.7. The number of nitrogens with one attached hydrogen (secondary N) is 1. The van der Waals surface area contributed by atoms with Crippen molar-refractivity contribution in [3.8, 4) is 5.75 Å².